The lowest BCUT2D eigenvalue weighted by Gasteiger charge is -2.28. The van der Waals surface area contributed by atoms with E-state index in [9.17, 15) is 33.9 Å². The maximum Gasteiger partial charge on any atom is 0.326 e. The lowest BCUT2D eigenvalue weighted by molar-refractivity contribution is -0.150. The summed E-state index contributed by atoms with van der Waals surface area (Å²) in [4.78, 5) is 71.4. The first kappa shape index (κ1) is 26.2. The number of rotatable bonds is 12. The zero-order valence-electron chi connectivity index (χ0n) is 16.5. The van der Waals surface area contributed by atoms with Gasteiger partial charge in [-0.2, -0.15) is 12.6 Å². The van der Waals surface area contributed by atoms with Crippen LogP contribution in [0, 0.1) is 0 Å². The van der Waals surface area contributed by atoms with Crippen molar-refractivity contribution >= 4 is 48.3 Å². The summed E-state index contributed by atoms with van der Waals surface area (Å²) in [5.41, 5.74) is 5.58. The Morgan fingerprint density at radius 2 is 1.61 bits per heavy atom. The van der Waals surface area contributed by atoms with Crippen molar-refractivity contribution in [3.8, 4) is 0 Å². The van der Waals surface area contributed by atoms with Crippen molar-refractivity contribution in [3.05, 3.63) is 0 Å². The van der Waals surface area contributed by atoms with Crippen LogP contribution < -0.4 is 16.4 Å². The van der Waals surface area contributed by atoms with Gasteiger partial charge in [-0.25, -0.2) is 4.79 Å². The van der Waals surface area contributed by atoms with Crippen molar-refractivity contribution in [2.45, 2.75) is 56.3 Å². The predicted octanol–water partition coefficient (Wildman–Crippen LogP) is -2.37. The standard InChI is InChI=1S/C17H26N4O9S/c18-8(3-4-12(22)23)14(26)20-10(7-31)15(27)19-9(6-13(24)25)16(28)21-5-1-2-11(21)17(29)30/h8-11,31H,1-7,18H2,(H,19,27)(H,20,26)(H,22,23)(H,24,25)(H,29,30). The van der Waals surface area contributed by atoms with E-state index in [-0.39, 0.29) is 31.6 Å². The first-order valence-corrected chi connectivity index (χ1v) is 10.0. The molecule has 1 aliphatic heterocycles. The number of likely N-dealkylation sites (tertiary alicyclic amines) is 1. The van der Waals surface area contributed by atoms with Gasteiger partial charge in [0.05, 0.1) is 12.5 Å². The minimum atomic E-state index is -1.55. The molecule has 0 bridgehead atoms. The maximum atomic E-state index is 12.7. The molecular formula is C17H26N4O9S. The van der Waals surface area contributed by atoms with Crippen LogP contribution >= 0.6 is 12.6 Å². The first-order chi connectivity index (χ1) is 14.5. The Bertz CT molecular complexity index is 732. The Hall–Kier alpha value is -2.87. The van der Waals surface area contributed by atoms with Crippen molar-refractivity contribution < 1.29 is 44.1 Å². The van der Waals surface area contributed by atoms with E-state index in [2.05, 4.69) is 23.3 Å². The number of carboxylic acids is 3. The Kier molecular flexibility index (Phi) is 10.2. The number of nitrogens with one attached hydrogen (secondary N) is 2. The summed E-state index contributed by atoms with van der Waals surface area (Å²) < 4.78 is 0. The van der Waals surface area contributed by atoms with Gasteiger partial charge >= 0.3 is 17.9 Å². The molecule has 0 aromatic heterocycles. The third-order valence-corrected chi connectivity index (χ3v) is 5.00. The van der Waals surface area contributed by atoms with Crippen LogP contribution in [-0.4, -0.2) is 92.3 Å². The summed E-state index contributed by atoms with van der Waals surface area (Å²) >= 11 is 3.96. The van der Waals surface area contributed by atoms with Gasteiger partial charge in [0.25, 0.3) is 0 Å². The number of hydrogen-bond donors (Lipinski definition) is 7. The third kappa shape index (κ3) is 8.05. The molecule has 0 saturated carbocycles. The minimum Gasteiger partial charge on any atom is -0.481 e. The van der Waals surface area contributed by atoms with Gasteiger partial charge in [0, 0.05) is 18.7 Å². The van der Waals surface area contributed by atoms with E-state index in [4.69, 9.17) is 15.9 Å². The fourth-order valence-electron chi connectivity index (χ4n) is 3.02. The maximum absolute atomic E-state index is 12.7. The smallest absolute Gasteiger partial charge is 0.326 e. The molecule has 1 heterocycles. The van der Waals surface area contributed by atoms with Crippen LogP contribution in [0.15, 0.2) is 0 Å². The van der Waals surface area contributed by atoms with E-state index in [1.54, 1.807) is 0 Å². The molecule has 1 aliphatic rings. The predicted molar refractivity (Wildman–Crippen MR) is 107 cm³/mol. The van der Waals surface area contributed by atoms with Crippen LogP contribution in [0.5, 0.6) is 0 Å². The molecule has 3 amide bonds. The SMILES string of the molecule is NC(CCC(=O)O)C(=O)NC(CS)C(=O)NC(CC(=O)O)C(=O)N1CCCC1C(=O)O. The number of carboxylic acid groups (broad SMARTS) is 3. The summed E-state index contributed by atoms with van der Waals surface area (Å²) in [6.07, 6.45) is -0.701. The number of amides is 3. The van der Waals surface area contributed by atoms with Crippen molar-refractivity contribution in [1.82, 2.24) is 15.5 Å². The normalized spacial score (nSPS) is 18.5. The Labute approximate surface area is 182 Å². The largest absolute Gasteiger partial charge is 0.481 e. The van der Waals surface area contributed by atoms with Crippen LogP contribution in [0.25, 0.3) is 0 Å². The highest BCUT2D eigenvalue weighted by Gasteiger charge is 2.39. The molecule has 0 aromatic rings. The zero-order valence-corrected chi connectivity index (χ0v) is 17.4. The second-order valence-corrected chi connectivity index (χ2v) is 7.33. The number of carbonyl (C=O) groups excluding carboxylic acids is 3. The number of nitrogens with two attached hydrogens (primary N) is 1. The molecule has 1 rings (SSSR count). The lowest BCUT2D eigenvalue weighted by atomic mass is 10.1. The average Bonchev–Trinajstić information content (AvgIpc) is 3.18. The number of nitrogens with zero attached hydrogens (tertiary/aromatic N) is 1. The number of thiol groups is 1. The van der Waals surface area contributed by atoms with Gasteiger partial charge in [-0.1, -0.05) is 0 Å². The Morgan fingerprint density at radius 3 is 2.13 bits per heavy atom. The average molecular weight is 462 g/mol. The summed E-state index contributed by atoms with van der Waals surface area (Å²) in [6.45, 7) is 0.104. The van der Waals surface area contributed by atoms with E-state index in [0.29, 0.717) is 6.42 Å². The molecule has 0 aliphatic carbocycles. The van der Waals surface area contributed by atoms with Crippen LogP contribution in [0.1, 0.15) is 32.1 Å². The fourth-order valence-corrected chi connectivity index (χ4v) is 3.27. The lowest BCUT2D eigenvalue weighted by Crippen LogP contribution is -2.58. The van der Waals surface area contributed by atoms with Crippen molar-refractivity contribution in [3.63, 3.8) is 0 Å². The van der Waals surface area contributed by atoms with Crippen LogP contribution in [-0.2, 0) is 28.8 Å². The minimum absolute atomic E-state index is 0.104. The van der Waals surface area contributed by atoms with Gasteiger partial charge in [0.2, 0.25) is 17.7 Å². The molecule has 0 aromatic carbocycles. The summed E-state index contributed by atoms with van der Waals surface area (Å²) in [5.74, 6) is -6.60. The van der Waals surface area contributed by atoms with Crippen molar-refractivity contribution in [2.24, 2.45) is 5.73 Å². The molecule has 7 N–H and O–H groups in total. The number of hydrogen-bond acceptors (Lipinski definition) is 8. The Morgan fingerprint density at radius 1 is 1.00 bits per heavy atom. The molecule has 0 spiro atoms. The molecule has 1 saturated heterocycles. The molecule has 1 fully saturated rings. The van der Waals surface area contributed by atoms with Crippen LogP contribution in [0.4, 0.5) is 0 Å². The topological polar surface area (TPSA) is 216 Å². The van der Waals surface area contributed by atoms with Gasteiger partial charge in [-0.05, 0) is 19.3 Å². The second kappa shape index (κ2) is 12.1. The Balaban J connectivity index is 2.85. The van der Waals surface area contributed by atoms with E-state index in [0.717, 1.165) is 4.90 Å². The highest BCUT2D eigenvalue weighted by Crippen LogP contribution is 2.19. The molecule has 13 nitrogen and oxygen atoms in total. The van der Waals surface area contributed by atoms with E-state index in [1.807, 2.05) is 0 Å². The van der Waals surface area contributed by atoms with Crippen LogP contribution in [0.2, 0.25) is 0 Å². The number of aliphatic carboxylic acids is 3. The van der Waals surface area contributed by atoms with E-state index in [1.165, 1.54) is 0 Å². The molecule has 14 heteroatoms. The zero-order chi connectivity index (χ0) is 23.7. The highest BCUT2D eigenvalue weighted by molar-refractivity contribution is 7.80. The highest BCUT2D eigenvalue weighted by atomic mass is 32.1. The van der Waals surface area contributed by atoms with E-state index >= 15 is 0 Å². The van der Waals surface area contributed by atoms with Crippen molar-refractivity contribution in [1.29, 1.82) is 0 Å². The fraction of sp³-hybridized carbons (Fsp3) is 0.647. The van der Waals surface area contributed by atoms with E-state index < -0.39 is 66.2 Å². The second-order valence-electron chi connectivity index (χ2n) is 6.97. The van der Waals surface area contributed by atoms with Gasteiger partial charge in [0.15, 0.2) is 0 Å². The van der Waals surface area contributed by atoms with Crippen LogP contribution in [0.3, 0.4) is 0 Å². The summed E-state index contributed by atoms with van der Waals surface area (Å²) in [5, 5.41) is 31.5. The molecule has 4 atom stereocenters. The van der Waals surface area contributed by atoms with Crippen molar-refractivity contribution in [2.75, 3.05) is 12.3 Å². The van der Waals surface area contributed by atoms with Gasteiger partial charge < -0.3 is 36.6 Å². The van der Waals surface area contributed by atoms with Gasteiger partial charge in [-0.3, -0.25) is 24.0 Å². The third-order valence-electron chi connectivity index (χ3n) is 4.64. The molecule has 4 unspecified atom stereocenters. The number of carbonyl (C=O) groups is 6. The summed E-state index contributed by atoms with van der Waals surface area (Å²) in [7, 11) is 0. The summed E-state index contributed by atoms with van der Waals surface area (Å²) in [6, 6.07) is -5.16. The quantitative estimate of drug-likeness (QED) is 0.153. The molecule has 31 heavy (non-hydrogen) atoms. The molecule has 174 valence electrons. The molecule has 0 radical (unpaired) electrons. The van der Waals surface area contributed by atoms with Gasteiger partial charge in [-0.15, -0.1) is 0 Å². The first-order valence-electron chi connectivity index (χ1n) is 9.42. The monoisotopic (exact) mass is 462 g/mol. The molecular weight excluding hydrogens is 436 g/mol. The van der Waals surface area contributed by atoms with Gasteiger partial charge in [0.1, 0.15) is 18.1 Å².